The summed E-state index contributed by atoms with van der Waals surface area (Å²) < 4.78 is 5.94. The van der Waals surface area contributed by atoms with E-state index in [0.29, 0.717) is 17.4 Å². The molecule has 5 heteroatoms. The quantitative estimate of drug-likeness (QED) is 0.154. The average Bonchev–Trinajstić information content (AvgIpc) is 3.40. The molecular weight excluding hydrogens is 390 g/mol. The van der Waals surface area contributed by atoms with Gasteiger partial charge in [0.05, 0.1) is 21.1 Å². The zero-order valence-electron chi connectivity index (χ0n) is 20.8. The smallest absolute Gasteiger partial charge is 0.306 e. The molecule has 0 spiro atoms. The van der Waals surface area contributed by atoms with Gasteiger partial charge in [-0.2, -0.15) is 0 Å². The molecule has 3 atom stereocenters. The van der Waals surface area contributed by atoms with Gasteiger partial charge in [-0.1, -0.05) is 84.0 Å². The maximum absolute atomic E-state index is 12.0. The van der Waals surface area contributed by atoms with Crippen LogP contribution in [0.4, 0.5) is 0 Å². The number of hydrogen-bond acceptors (Lipinski definition) is 4. The number of aliphatic carboxylic acids is 1. The first-order chi connectivity index (χ1) is 14.7. The molecule has 5 nitrogen and oxygen atoms in total. The molecule has 0 aromatic heterocycles. The molecule has 0 N–H and O–H groups in total. The Morgan fingerprint density at radius 3 is 1.90 bits per heavy atom. The van der Waals surface area contributed by atoms with Crippen LogP contribution in [0.25, 0.3) is 0 Å². The van der Waals surface area contributed by atoms with Crippen molar-refractivity contribution in [2.24, 2.45) is 11.8 Å². The highest BCUT2D eigenvalue weighted by Gasteiger charge is 2.34. The van der Waals surface area contributed by atoms with Gasteiger partial charge in [0.25, 0.3) is 0 Å². The number of ether oxygens (including phenoxy) is 1. The molecule has 1 rings (SSSR count). The van der Waals surface area contributed by atoms with E-state index in [4.69, 9.17) is 4.74 Å². The number of esters is 1. The fourth-order valence-electron chi connectivity index (χ4n) is 4.60. The standard InChI is InChI=1S/C26H49NO4/c1-5-6-7-13-16-22-19-23(22)17-14-11-9-8-10-12-15-18-26(30)31-24(20-25(28)29)21-27(2,3)4/h22-24H,5-21H2,1-4H3/t22?,23-,24-/m1/s1. The van der Waals surface area contributed by atoms with Crippen molar-refractivity contribution in [3.05, 3.63) is 0 Å². The Hall–Kier alpha value is -1.10. The summed E-state index contributed by atoms with van der Waals surface area (Å²) in [6.07, 6.45) is 17.8. The van der Waals surface area contributed by atoms with Crippen molar-refractivity contribution in [2.45, 2.75) is 116 Å². The number of carbonyl (C=O) groups is 2. The van der Waals surface area contributed by atoms with E-state index in [2.05, 4.69) is 6.92 Å². The second-order valence-corrected chi connectivity index (χ2v) is 10.8. The molecule has 0 amide bonds. The van der Waals surface area contributed by atoms with Crippen molar-refractivity contribution in [1.29, 1.82) is 0 Å². The van der Waals surface area contributed by atoms with Gasteiger partial charge in [0.1, 0.15) is 6.54 Å². The molecule has 0 bridgehead atoms. The number of carboxylic acids is 1. The van der Waals surface area contributed by atoms with Gasteiger partial charge < -0.3 is 19.1 Å². The largest absolute Gasteiger partial charge is 0.550 e. The molecule has 0 aliphatic heterocycles. The van der Waals surface area contributed by atoms with Crippen LogP contribution in [0.2, 0.25) is 0 Å². The monoisotopic (exact) mass is 439 g/mol. The minimum absolute atomic E-state index is 0.234. The highest BCUT2D eigenvalue weighted by molar-refractivity contribution is 5.70. The molecule has 1 unspecified atom stereocenters. The lowest BCUT2D eigenvalue weighted by molar-refractivity contribution is -0.873. The number of likely N-dealkylation sites (N-methyl/N-ethyl adjacent to an activating group) is 1. The van der Waals surface area contributed by atoms with E-state index < -0.39 is 12.1 Å². The Kier molecular flexibility index (Phi) is 14.1. The second-order valence-electron chi connectivity index (χ2n) is 10.8. The molecule has 1 saturated carbocycles. The van der Waals surface area contributed by atoms with Gasteiger partial charge in [-0.05, 0) is 24.7 Å². The lowest BCUT2D eigenvalue weighted by Crippen LogP contribution is -2.45. The maximum Gasteiger partial charge on any atom is 0.306 e. The number of unbranched alkanes of at least 4 members (excludes halogenated alkanes) is 9. The van der Waals surface area contributed by atoms with Gasteiger partial charge in [-0.25, -0.2) is 0 Å². The number of carboxylic acid groups (broad SMARTS) is 1. The molecule has 182 valence electrons. The first kappa shape index (κ1) is 27.9. The molecule has 0 radical (unpaired) electrons. The Balaban J connectivity index is 1.95. The number of nitrogens with zero attached hydrogens (tertiary/aromatic N) is 1. The average molecular weight is 440 g/mol. The Morgan fingerprint density at radius 1 is 0.871 bits per heavy atom. The SMILES string of the molecule is CCCCCCC1C[C@H]1CCCCCCCCCC(=O)O[C@H](CC(=O)[O-])C[N+](C)(C)C. The van der Waals surface area contributed by atoms with E-state index >= 15 is 0 Å². The molecule has 1 aliphatic rings. The summed E-state index contributed by atoms with van der Waals surface area (Å²) >= 11 is 0. The summed E-state index contributed by atoms with van der Waals surface area (Å²) in [4.78, 5) is 22.9. The third-order valence-electron chi connectivity index (χ3n) is 6.40. The van der Waals surface area contributed by atoms with Crippen molar-refractivity contribution in [3.63, 3.8) is 0 Å². The van der Waals surface area contributed by atoms with Crippen LogP contribution in [0.3, 0.4) is 0 Å². The topological polar surface area (TPSA) is 66.4 Å². The third-order valence-corrected chi connectivity index (χ3v) is 6.40. The van der Waals surface area contributed by atoms with Gasteiger partial charge in [0, 0.05) is 18.8 Å². The zero-order chi connectivity index (χ0) is 23.1. The highest BCUT2D eigenvalue weighted by Crippen LogP contribution is 2.45. The zero-order valence-corrected chi connectivity index (χ0v) is 20.8. The van der Waals surface area contributed by atoms with Crippen LogP contribution in [0.5, 0.6) is 0 Å². The van der Waals surface area contributed by atoms with E-state index in [1.807, 2.05) is 21.1 Å². The number of carbonyl (C=O) groups excluding carboxylic acids is 2. The van der Waals surface area contributed by atoms with E-state index in [1.165, 1.54) is 70.6 Å². The van der Waals surface area contributed by atoms with Crippen LogP contribution in [-0.4, -0.2) is 50.2 Å². The molecule has 0 heterocycles. The highest BCUT2D eigenvalue weighted by atomic mass is 16.5. The first-order valence-corrected chi connectivity index (χ1v) is 12.9. The summed E-state index contributed by atoms with van der Waals surface area (Å²) in [6, 6.07) is 0. The van der Waals surface area contributed by atoms with Crippen LogP contribution in [0, 0.1) is 11.8 Å². The van der Waals surface area contributed by atoms with E-state index in [1.54, 1.807) is 0 Å². The molecule has 0 saturated heterocycles. The molecular formula is C26H49NO4. The van der Waals surface area contributed by atoms with Crippen molar-refractivity contribution in [2.75, 3.05) is 27.7 Å². The van der Waals surface area contributed by atoms with Crippen LogP contribution < -0.4 is 5.11 Å². The normalized spacial score (nSPS) is 19.2. The van der Waals surface area contributed by atoms with E-state index in [-0.39, 0.29) is 12.4 Å². The molecule has 1 fully saturated rings. The van der Waals surface area contributed by atoms with Gasteiger partial charge >= 0.3 is 5.97 Å². The van der Waals surface area contributed by atoms with Crippen molar-refractivity contribution in [1.82, 2.24) is 0 Å². The van der Waals surface area contributed by atoms with E-state index in [0.717, 1.165) is 31.1 Å². The molecule has 1 aliphatic carbocycles. The third kappa shape index (κ3) is 16.2. The predicted octanol–water partition coefficient (Wildman–Crippen LogP) is 4.86. The van der Waals surface area contributed by atoms with Gasteiger partial charge in [0.2, 0.25) is 0 Å². The summed E-state index contributed by atoms with van der Waals surface area (Å²) in [7, 11) is 5.86. The summed E-state index contributed by atoms with van der Waals surface area (Å²) in [6.45, 7) is 2.75. The fraction of sp³-hybridized carbons (Fsp3) is 0.923. The van der Waals surface area contributed by atoms with Crippen molar-refractivity contribution < 1.29 is 23.9 Å². The maximum atomic E-state index is 12.0. The lowest BCUT2D eigenvalue weighted by Gasteiger charge is -2.29. The molecule has 0 aromatic carbocycles. The summed E-state index contributed by atoms with van der Waals surface area (Å²) in [5.41, 5.74) is 0. The predicted molar refractivity (Wildman–Crippen MR) is 124 cm³/mol. The van der Waals surface area contributed by atoms with Crippen LogP contribution in [0.1, 0.15) is 110 Å². The van der Waals surface area contributed by atoms with Gasteiger partial charge in [-0.15, -0.1) is 0 Å². The minimum Gasteiger partial charge on any atom is -0.550 e. The number of hydrogen-bond donors (Lipinski definition) is 0. The summed E-state index contributed by atoms with van der Waals surface area (Å²) in [5.74, 6) is 0.625. The van der Waals surface area contributed by atoms with Gasteiger partial charge in [0.15, 0.2) is 6.10 Å². The molecule has 0 aromatic rings. The Bertz CT molecular complexity index is 500. The Morgan fingerprint density at radius 2 is 1.39 bits per heavy atom. The van der Waals surface area contributed by atoms with Crippen molar-refractivity contribution in [3.8, 4) is 0 Å². The van der Waals surface area contributed by atoms with Gasteiger partial charge in [-0.3, -0.25) is 4.79 Å². The second kappa shape index (κ2) is 15.7. The number of rotatable bonds is 20. The Labute approximate surface area is 191 Å². The number of quaternary nitrogens is 1. The van der Waals surface area contributed by atoms with Crippen LogP contribution in [0.15, 0.2) is 0 Å². The molecule has 31 heavy (non-hydrogen) atoms. The fourth-order valence-corrected chi connectivity index (χ4v) is 4.60. The minimum atomic E-state index is -1.17. The lowest BCUT2D eigenvalue weighted by atomic mass is 10.0. The first-order valence-electron chi connectivity index (χ1n) is 12.9. The van der Waals surface area contributed by atoms with Crippen molar-refractivity contribution >= 4 is 11.9 Å². The summed E-state index contributed by atoms with van der Waals surface area (Å²) in [5, 5.41) is 10.9. The van der Waals surface area contributed by atoms with Crippen LogP contribution in [-0.2, 0) is 14.3 Å². The van der Waals surface area contributed by atoms with E-state index in [9.17, 15) is 14.7 Å². The van der Waals surface area contributed by atoms with Crippen LogP contribution >= 0.6 is 0 Å².